The van der Waals surface area contributed by atoms with Crippen molar-refractivity contribution in [1.29, 1.82) is 0 Å². The first-order valence-electron chi connectivity index (χ1n) is 11.1. The van der Waals surface area contributed by atoms with Crippen LogP contribution in [0.2, 0.25) is 0 Å². The van der Waals surface area contributed by atoms with Gasteiger partial charge in [-0.3, -0.25) is 14.5 Å². The van der Waals surface area contributed by atoms with E-state index in [-0.39, 0.29) is 11.3 Å². The standard InChI is InChI=1S/C28H27NO5/c1-5-34-21-11-9-20(10-12-21)29-25(19-8-6-7-17(2)15-19)24(27(31)28(29)32)26(30)23-14-13-22(33-4)16-18(23)3/h6-16,25,30H,5H2,1-4H3/b26-24-. The second-order valence-corrected chi connectivity index (χ2v) is 8.19. The van der Waals surface area contributed by atoms with E-state index in [0.717, 1.165) is 16.7 Å². The summed E-state index contributed by atoms with van der Waals surface area (Å²) in [7, 11) is 1.56. The molecule has 174 valence electrons. The predicted molar refractivity (Wildman–Crippen MR) is 131 cm³/mol. The van der Waals surface area contributed by atoms with Gasteiger partial charge >= 0.3 is 0 Å². The van der Waals surface area contributed by atoms with Crippen LogP contribution in [0, 0.1) is 13.8 Å². The summed E-state index contributed by atoms with van der Waals surface area (Å²) in [6.07, 6.45) is 0. The Morgan fingerprint density at radius 1 is 0.971 bits per heavy atom. The molecular formula is C28H27NO5. The molecule has 1 atom stereocenters. The molecule has 0 bridgehead atoms. The first kappa shape index (κ1) is 23.1. The molecule has 1 heterocycles. The summed E-state index contributed by atoms with van der Waals surface area (Å²) in [6.45, 7) is 6.18. The molecule has 6 nitrogen and oxygen atoms in total. The Hall–Kier alpha value is -4.06. The molecule has 1 amide bonds. The number of nitrogens with zero attached hydrogens (tertiary/aromatic N) is 1. The first-order chi connectivity index (χ1) is 16.3. The van der Waals surface area contributed by atoms with Gasteiger partial charge in [0, 0.05) is 11.3 Å². The Morgan fingerprint density at radius 2 is 1.68 bits per heavy atom. The zero-order chi connectivity index (χ0) is 24.4. The summed E-state index contributed by atoms with van der Waals surface area (Å²) in [5.74, 6) is -0.321. The maximum atomic E-state index is 13.3. The number of anilines is 1. The highest BCUT2D eigenvalue weighted by molar-refractivity contribution is 6.51. The molecule has 1 unspecified atom stereocenters. The maximum absolute atomic E-state index is 13.3. The lowest BCUT2D eigenvalue weighted by molar-refractivity contribution is -0.132. The maximum Gasteiger partial charge on any atom is 0.300 e. The molecule has 3 aromatic carbocycles. The molecule has 1 fully saturated rings. The van der Waals surface area contributed by atoms with E-state index >= 15 is 0 Å². The van der Waals surface area contributed by atoms with Crippen LogP contribution in [0.4, 0.5) is 5.69 Å². The van der Waals surface area contributed by atoms with Crippen LogP contribution in [-0.4, -0.2) is 30.5 Å². The van der Waals surface area contributed by atoms with Gasteiger partial charge in [0.15, 0.2) is 0 Å². The van der Waals surface area contributed by atoms with E-state index < -0.39 is 17.7 Å². The number of carbonyl (C=O) groups is 2. The van der Waals surface area contributed by atoms with Gasteiger partial charge in [-0.05, 0) is 74.4 Å². The average Bonchev–Trinajstić information content (AvgIpc) is 3.10. The van der Waals surface area contributed by atoms with Crippen LogP contribution in [0.1, 0.15) is 35.2 Å². The quantitative estimate of drug-likeness (QED) is 0.307. The third-order valence-corrected chi connectivity index (χ3v) is 5.92. The van der Waals surface area contributed by atoms with Crippen molar-refractivity contribution in [3.05, 3.63) is 94.6 Å². The average molecular weight is 458 g/mol. The number of aliphatic hydroxyl groups excluding tert-OH is 1. The minimum Gasteiger partial charge on any atom is -0.507 e. The zero-order valence-corrected chi connectivity index (χ0v) is 19.7. The Labute approximate surface area is 199 Å². The fourth-order valence-electron chi connectivity index (χ4n) is 4.30. The van der Waals surface area contributed by atoms with Crippen molar-refractivity contribution in [1.82, 2.24) is 0 Å². The van der Waals surface area contributed by atoms with Crippen molar-refractivity contribution in [2.75, 3.05) is 18.6 Å². The lowest BCUT2D eigenvalue weighted by Crippen LogP contribution is -2.29. The Kier molecular flexibility index (Phi) is 6.41. The summed E-state index contributed by atoms with van der Waals surface area (Å²) in [5, 5.41) is 11.4. The van der Waals surface area contributed by atoms with E-state index in [2.05, 4.69) is 0 Å². The van der Waals surface area contributed by atoms with Crippen LogP contribution in [0.25, 0.3) is 5.76 Å². The molecule has 6 heteroatoms. The van der Waals surface area contributed by atoms with Crippen LogP contribution in [0.15, 0.2) is 72.3 Å². The second kappa shape index (κ2) is 9.43. The lowest BCUT2D eigenvalue weighted by atomic mass is 9.93. The smallest absolute Gasteiger partial charge is 0.300 e. The first-order valence-corrected chi connectivity index (χ1v) is 11.1. The number of aryl methyl sites for hydroxylation is 2. The SMILES string of the molecule is CCOc1ccc(N2C(=O)C(=O)/C(=C(\O)c3ccc(OC)cc3C)C2c2cccc(C)c2)cc1. The van der Waals surface area contributed by atoms with Crippen molar-refractivity contribution >= 4 is 23.1 Å². The minimum absolute atomic E-state index is 0.0535. The number of methoxy groups -OCH3 is 1. The monoisotopic (exact) mass is 457 g/mol. The van der Waals surface area contributed by atoms with Gasteiger partial charge in [0.1, 0.15) is 17.3 Å². The molecule has 0 spiro atoms. The fraction of sp³-hybridized carbons (Fsp3) is 0.214. The largest absolute Gasteiger partial charge is 0.507 e. The summed E-state index contributed by atoms with van der Waals surface area (Å²) in [4.78, 5) is 28.1. The van der Waals surface area contributed by atoms with E-state index in [0.29, 0.717) is 29.4 Å². The van der Waals surface area contributed by atoms with Crippen LogP contribution in [0.5, 0.6) is 11.5 Å². The van der Waals surface area contributed by atoms with Gasteiger partial charge in [-0.1, -0.05) is 29.8 Å². The molecule has 34 heavy (non-hydrogen) atoms. The topological polar surface area (TPSA) is 76.1 Å². The third kappa shape index (κ3) is 4.15. The number of rotatable bonds is 6. The number of ether oxygens (including phenoxy) is 2. The summed E-state index contributed by atoms with van der Waals surface area (Å²) < 4.78 is 10.8. The van der Waals surface area contributed by atoms with E-state index in [1.165, 1.54) is 4.90 Å². The number of amides is 1. The van der Waals surface area contributed by atoms with Gasteiger partial charge < -0.3 is 14.6 Å². The minimum atomic E-state index is -0.778. The van der Waals surface area contributed by atoms with E-state index in [9.17, 15) is 14.7 Å². The Bertz CT molecular complexity index is 1280. The normalized spacial score (nSPS) is 17.2. The second-order valence-electron chi connectivity index (χ2n) is 8.19. The van der Waals surface area contributed by atoms with E-state index in [4.69, 9.17) is 9.47 Å². The van der Waals surface area contributed by atoms with Gasteiger partial charge in [-0.15, -0.1) is 0 Å². The summed E-state index contributed by atoms with van der Waals surface area (Å²) in [5.41, 5.74) is 3.52. The summed E-state index contributed by atoms with van der Waals surface area (Å²) >= 11 is 0. The highest BCUT2D eigenvalue weighted by atomic mass is 16.5. The fourth-order valence-corrected chi connectivity index (χ4v) is 4.30. The molecule has 1 N–H and O–H groups in total. The van der Waals surface area contributed by atoms with E-state index in [1.807, 2.05) is 45.0 Å². The van der Waals surface area contributed by atoms with Crippen LogP contribution >= 0.6 is 0 Å². The van der Waals surface area contributed by atoms with Gasteiger partial charge in [0.2, 0.25) is 0 Å². The summed E-state index contributed by atoms with van der Waals surface area (Å²) in [6, 6.07) is 19.0. The molecule has 3 aromatic rings. The molecule has 4 rings (SSSR count). The van der Waals surface area contributed by atoms with Crippen LogP contribution < -0.4 is 14.4 Å². The van der Waals surface area contributed by atoms with E-state index in [1.54, 1.807) is 49.6 Å². The number of hydrogen-bond acceptors (Lipinski definition) is 5. The number of hydrogen-bond donors (Lipinski definition) is 1. The van der Waals surface area contributed by atoms with Gasteiger partial charge in [0.05, 0.1) is 25.3 Å². The molecule has 1 aliphatic heterocycles. The highest BCUT2D eigenvalue weighted by Crippen LogP contribution is 2.43. The molecule has 1 saturated heterocycles. The van der Waals surface area contributed by atoms with Crippen molar-refractivity contribution in [3.8, 4) is 11.5 Å². The van der Waals surface area contributed by atoms with Gasteiger partial charge in [-0.2, -0.15) is 0 Å². The molecule has 0 saturated carbocycles. The van der Waals surface area contributed by atoms with Gasteiger partial charge in [-0.25, -0.2) is 0 Å². The number of ketones is 1. The molecule has 0 aliphatic carbocycles. The third-order valence-electron chi connectivity index (χ3n) is 5.92. The molecular weight excluding hydrogens is 430 g/mol. The zero-order valence-electron chi connectivity index (χ0n) is 19.7. The van der Waals surface area contributed by atoms with Gasteiger partial charge in [0.25, 0.3) is 11.7 Å². The number of Topliss-reactive ketones (excluding diaryl/α,β-unsaturated/α-hetero) is 1. The molecule has 1 aliphatic rings. The molecule has 0 radical (unpaired) electrons. The van der Waals surface area contributed by atoms with Crippen LogP contribution in [0.3, 0.4) is 0 Å². The predicted octanol–water partition coefficient (Wildman–Crippen LogP) is 5.34. The van der Waals surface area contributed by atoms with Crippen molar-refractivity contribution in [3.63, 3.8) is 0 Å². The van der Waals surface area contributed by atoms with Crippen molar-refractivity contribution < 1.29 is 24.2 Å². The lowest BCUT2D eigenvalue weighted by Gasteiger charge is -2.26. The van der Waals surface area contributed by atoms with Crippen molar-refractivity contribution in [2.24, 2.45) is 0 Å². The van der Waals surface area contributed by atoms with Crippen LogP contribution in [-0.2, 0) is 9.59 Å². The Balaban J connectivity index is 1.91. The van der Waals surface area contributed by atoms with Crippen molar-refractivity contribution in [2.45, 2.75) is 26.8 Å². The number of aliphatic hydroxyl groups is 1. The highest BCUT2D eigenvalue weighted by Gasteiger charge is 2.47. The number of carbonyl (C=O) groups excluding carboxylic acids is 2. The Morgan fingerprint density at radius 3 is 2.29 bits per heavy atom. The molecule has 0 aromatic heterocycles. The number of benzene rings is 3.